The van der Waals surface area contributed by atoms with Crippen LogP contribution in [0.2, 0.25) is 0 Å². The summed E-state index contributed by atoms with van der Waals surface area (Å²) >= 11 is 1.83. The van der Waals surface area contributed by atoms with Crippen LogP contribution in [0.15, 0.2) is 24.3 Å². The van der Waals surface area contributed by atoms with Crippen molar-refractivity contribution in [1.82, 2.24) is 9.80 Å². The summed E-state index contributed by atoms with van der Waals surface area (Å²) in [5.74, 6) is 0.788. The molecule has 6 nitrogen and oxygen atoms in total. The van der Waals surface area contributed by atoms with Crippen LogP contribution in [-0.2, 0) is 9.53 Å². The highest BCUT2D eigenvalue weighted by Gasteiger charge is 2.51. The summed E-state index contributed by atoms with van der Waals surface area (Å²) in [5, 5.41) is 8.95. The Balaban J connectivity index is 1.51. The number of thioether (sulfide) groups is 1. The number of benzene rings is 1. The van der Waals surface area contributed by atoms with Crippen molar-refractivity contribution >= 4 is 23.6 Å². The normalized spacial score (nSPS) is 20.8. The molecule has 2 heterocycles. The molecule has 2 aliphatic heterocycles. The SMILES string of the molecule is CN(C)C(=O)CO[C@H]1CSC2(C1)CN(C(=O)c1cccc(C#N)c1)C2. The number of amides is 2. The summed E-state index contributed by atoms with van der Waals surface area (Å²) in [6.07, 6.45) is 0.925. The number of likely N-dealkylation sites (tertiary alicyclic amines) is 1. The number of nitrogens with zero attached hydrogens (tertiary/aromatic N) is 3. The Morgan fingerprint density at radius 1 is 1.44 bits per heavy atom. The zero-order valence-corrected chi connectivity index (χ0v) is 15.2. The molecule has 25 heavy (non-hydrogen) atoms. The van der Waals surface area contributed by atoms with E-state index in [1.807, 2.05) is 16.7 Å². The lowest BCUT2D eigenvalue weighted by Gasteiger charge is -2.47. The highest BCUT2D eigenvalue weighted by Crippen LogP contribution is 2.46. The summed E-state index contributed by atoms with van der Waals surface area (Å²) in [4.78, 5) is 27.5. The lowest BCUT2D eigenvalue weighted by molar-refractivity contribution is -0.135. The van der Waals surface area contributed by atoms with E-state index in [1.165, 1.54) is 4.90 Å². The smallest absolute Gasteiger partial charge is 0.253 e. The third-order valence-corrected chi connectivity index (χ3v) is 6.18. The van der Waals surface area contributed by atoms with Crippen LogP contribution in [0.4, 0.5) is 0 Å². The molecule has 7 heteroatoms. The number of rotatable bonds is 4. The van der Waals surface area contributed by atoms with Crippen LogP contribution in [-0.4, -0.2) is 72.0 Å². The first kappa shape index (κ1) is 17.8. The Morgan fingerprint density at radius 3 is 2.88 bits per heavy atom. The maximum absolute atomic E-state index is 12.5. The van der Waals surface area contributed by atoms with Gasteiger partial charge in [0, 0.05) is 38.5 Å². The first-order chi connectivity index (χ1) is 11.9. The number of hydrogen-bond acceptors (Lipinski definition) is 5. The van der Waals surface area contributed by atoms with Crippen molar-refractivity contribution in [3.8, 4) is 6.07 Å². The molecule has 132 valence electrons. The van der Waals surface area contributed by atoms with Gasteiger partial charge in [-0.1, -0.05) is 6.07 Å². The Bertz CT molecular complexity index is 723. The maximum Gasteiger partial charge on any atom is 0.253 e. The molecule has 1 spiro atoms. The molecule has 0 unspecified atom stereocenters. The van der Waals surface area contributed by atoms with Crippen LogP contribution in [0.25, 0.3) is 0 Å². The number of likely N-dealkylation sites (N-methyl/N-ethyl adjacent to an activating group) is 1. The van der Waals surface area contributed by atoms with E-state index in [9.17, 15) is 9.59 Å². The third kappa shape index (κ3) is 3.80. The highest BCUT2D eigenvalue weighted by atomic mass is 32.2. The van der Waals surface area contributed by atoms with Crippen LogP contribution < -0.4 is 0 Å². The average Bonchev–Trinajstić information content (AvgIpc) is 3.02. The van der Waals surface area contributed by atoms with Gasteiger partial charge in [-0.05, 0) is 24.6 Å². The van der Waals surface area contributed by atoms with Gasteiger partial charge in [-0.3, -0.25) is 9.59 Å². The quantitative estimate of drug-likeness (QED) is 0.812. The van der Waals surface area contributed by atoms with Gasteiger partial charge in [-0.15, -0.1) is 11.8 Å². The number of nitriles is 1. The van der Waals surface area contributed by atoms with E-state index in [-0.39, 0.29) is 29.3 Å². The van der Waals surface area contributed by atoms with Gasteiger partial charge in [0.15, 0.2) is 0 Å². The predicted octanol–water partition coefficient (Wildman–Crippen LogP) is 1.36. The molecule has 3 rings (SSSR count). The minimum Gasteiger partial charge on any atom is -0.367 e. The molecule has 2 fully saturated rings. The van der Waals surface area contributed by atoms with E-state index in [1.54, 1.807) is 38.4 Å². The van der Waals surface area contributed by atoms with Gasteiger partial charge in [0.25, 0.3) is 5.91 Å². The molecule has 2 aliphatic rings. The summed E-state index contributed by atoms with van der Waals surface area (Å²) < 4.78 is 5.77. The molecule has 2 amide bonds. The molecular formula is C18H21N3O3S. The maximum atomic E-state index is 12.5. The lowest BCUT2D eigenvalue weighted by Crippen LogP contribution is -2.60. The Labute approximate surface area is 151 Å². The van der Waals surface area contributed by atoms with Crippen molar-refractivity contribution in [1.29, 1.82) is 5.26 Å². The second-order valence-corrected chi connectivity index (χ2v) is 8.26. The average molecular weight is 359 g/mol. The number of carbonyl (C=O) groups is 2. The van der Waals surface area contributed by atoms with Gasteiger partial charge >= 0.3 is 0 Å². The second kappa shape index (κ2) is 7.06. The van der Waals surface area contributed by atoms with Gasteiger partial charge in [-0.2, -0.15) is 5.26 Å². The van der Waals surface area contributed by atoms with Gasteiger partial charge < -0.3 is 14.5 Å². The van der Waals surface area contributed by atoms with Crippen LogP contribution in [0.5, 0.6) is 0 Å². The molecule has 1 aromatic rings. The summed E-state index contributed by atoms with van der Waals surface area (Å²) in [7, 11) is 3.43. The zero-order valence-electron chi connectivity index (χ0n) is 14.4. The summed E-state index contributed by atoms with van der Waals surface area (Å²) in [6, 6.07) is 8.86. The molecule has 2 saturated heterocycles. The predicted molar refractivity (Wildman–Crippen MR) is 95.3 cm³/mol. The summed E-state index contributed by atoms with van der Waals surface area (Å²) in [6.45, 7) is 1.49. The van der Waals surface area contributed by atoms with Crippen LogP contribution in [0, 0.1) is 11.3 Å². The Kier molecular flexibility index (Phi) is 5.02. The number of hydrogen-bond donors (Lipinski definition) is 0. The largest absolute Gasteiger partial charge is 0.367 e. The molecule has 0 N–H and O–H groups in total. The van der Waals surface area contributed by atoms with Crippen molar-refractivity contribution in [3.05, 3.63) is 35.4 Å². The fourth-order valence-electron chi connectivity index (χ4n) is 3.15. The molecule has 1 atom stereocenters. The minimum atomic E-state index is -0.0336. The fraction of sp³-hybridized carbons (Fsp3) is 0.500. The van der Waals surface area contributed by atoms with E-state index in [2.05, 4.69) is 6.07 Å². The highest BCUT2D eigenvalue weighted by molar-refractivity contribution is 8.01. The van der Waals surface area contributed by atoms with E-state index >= 15 is 0 Å². The second-order valence-electron chi connectivity index (χ2n) is 6.77. The monoisotopic (exact) mass is 359 g/mol. The van der Waals surface area contributed by atoms with E-state index in [4.69, 9.17) is 10.00 Å². The van der Waals surface area contributed by atoms with E-state index < -0.39 is 0 Å². The van der Waals surface area contributed by atoms with Gasteiger partial charge in [0.05, 0.1) is 22.5 Å². The lowest BCUT2D eigenvalue weighted by atomic mass is 9.92. The van der Waals surface area contributed by atoms with Crippen molar-refractivity contribution < 1.29 is 14.3 Å². The minimum absolute atomic E-state index is 0.0320. The van der Waals surface area contributed by atoms with Crippen molar-refractivity contribution in [2.75, 3.05) is 39.5 Å². The van der Waals surface area contributed by atoms with Crippen molar-refractivity contribution in [2.24, 2.45) is 0 Å². The van der Waals surface area contributed by atoms with Crippen LogP contribution in [0.1, 0.15) is 22.3 Å². The first-order valence-electron chi connectivity index (χ1n) is 8.18. The third-order valence-electron chi connectivity index (χ3n) is 4.60. The molecule has 0 aliphatic carbocycles. The molecule has 0 bridgehead atoms. The zero-order chi connectivity index (χ0) is 18.0. The Morgan fingerprint density at radius 2 is 2.20 bits per heavy atom. The summed E-state index contributed by atoms with van der Waals surface area (Å²) in [5.41, 5.74) is 1.05. The van der Waals surface area contributed by atoms with Gasteiger partial charge in [0.1, 0.15) is 6.61 Å². The topological polar surface area (TPSA) is 73.6 Å². The molecule has 1 aromatic carbocycles. The van der Waals surface area contributed by atoms with Gasteiger partial charge in [0.2, 0.25) is 5.91 Å². The van der Waals surface area contributed by atoms with Crippen molar-refractivity contribution in [2.45, 2.75) is 17.3 Å². The number of ether oxygens (including phenoxy) is 1. The standard InChI is InChI=1S/C18H21N3O3S/c1-20(2)16(22)9-24-15-7-18(25-10-15)11-21(12-18)17(23)14-5-3-4-13(6-14)8-19/h3-6,15H,7,9-12H2,1-2H3/t15-/m1/s1. The van der Waals surface area contributed by atoms with Crippen LogP contribution >= 0.6 is 11.8 Å². The fourth-order valence-corrected chi connectivity index (χ4v) is 4.70. The van der Waals surface area contributed by atoms with E-state index in [0.717, 1.165) is 12.2 Å². The van der Waals surface area contributed by atoms with E-state index in [0.29, 0.717) is 24.2 Å². The molecule has 0 saturated carbocycles. The molecule has 0 aromatic heterocycles. The molecule has 0 radical (unpaired) electrons. The molecular weight excluding hydrogens is 338 g/mol. The van der Waals surface area contributed by atoms with Crippen molar-refractivity contribution in [3.63, 3.8) is 0 Å². The van der Waals surface area contributed by atoms with Gasteiger partial charge in [-0.25, -0.2) is 0 Å². The Hall–Kier alpha value is -2.04. The van der Waals surface area contributed by atoms with Crippen LogP contribution in [0.3, 0.4) is 0 Å². The first-order valence-corrected chi connectivity index (χ1v) is 9.16. The number of carbonyl (C=O) groups excluding carboxylic acids is 2.